The van der Waals surface area contributed by atoms with E-state index in [1.807, 2.05) is 0 Å². The molecule has 0 spiro atoms. The first kappa shape index (κ1) is 14.3. The molecular weight excluding hydrogens is 258 g/mol. The molecule has 1 aliphatic heterocycles. The number of carbonyl (C=O) groups excluding carboxylic acids is 2. The van der Waals surface area contributed by atoms with Crippen molar-refractivity contribution in [2.45, 2.75) is 31.7 Å². The third-order valence-electron chi connectivity index (χ3n) is 3.52. The van der Waals surface area contributed by atoms with Gasteiger partial charge in [0.05, 0.1) is 25.4 Å². The molecule has 0 aromatic carbocycles. The summed E-state index contributed by atoms with van der Waals surface area (Å²) in [4.78, 5) is 29.7. The van der Waals surface area contributed by atoms with Gasteiger partial charge in [-0.15, -0.1) is 0 Å². The topological polar surface area (TPSA) is 85.5 Å². The summed E-state index contributed by atoms with van der Waals surface area (Å²) in [6, 6.07) is 3.16. The average molecular weight is 277 g/mol. The second kappa shape index (κ2) is 6.36. The Morgan fingerprint density at radius 3 is 2.90 bits per heavy atom. The van der Waals surface area contributed by atoms with Crippen LogP contribution in [0.15, 0.2) is 18.3 Å². The monoisotopic (exact) mass is 277 g/mol. The van der Waals surface area contributed by atoms with Crippen molar-refractivity contribution >= 4 is 17.6 Å². The second-order valence-corrected chi connectivity index (χ2v) is 4.91. The Hall–Kier alpha value is -2.11. The van der Waals surface area contributed by atoms with E-state index in [4.69, 9.17) is 10.5 Å². The highest BCUT2D eigenvalue weighted by molar-refractivity contribution is 5.93. The van der Waals surface area contributed by atoms with E-state index >= 15 is 0 Å². The maximum absolute atomic E-state index is 12.5. The van der Waals surface area contributed by atoms with Crippen molar-refractivity contribution in [1.29, 1.82) is 0 Å². The SMILES string of the molecule is COC(=O)CC1CCCCN1C(=O)c1ccc(N)cn1. The van der Waals surface area contributed by atoms with Crippen molar-refractivity contribution in [2.75, 3.05) is 19.4 Å². The quantitative estimate of drug-likeness (QED) is 0.840. The van der Waals surface area contributed by atoms with Crippen LogP contribution in [0.4, 0.5) is 5.69 Å². The fourth-order valence-electron chi connectivity index (χ4n) is 2.43. The van der Waals surface area contributed by atoms with Crippen LogP contribution in [0.3, 0.4) is 0 Å². The first-order valence-corrected chi connectivity index (χ1v) is 6.71. The summed E-state index contributed by atoms with van der Waals surface area (Å²) in [7, 11) is 1.36. The van der Waals surface area contributed by atoms with Crippen LogP contribution in [0.5, 0.6) is 0 Å². The van der Waals surface area contributed by atoms with Crippen LogP contribution in [0.1, 0.15) is 36.2 Å². The second-order valence-electron chi connectivity index (χ2n) is 4.91. The summed E-state index contributed by atoms with van der Waals surface area (Å²) in [6.45, 7) is 0.645. The van der Waals surface area contributed by atoms with Crippen molar-refractivity contribution in [1.82, 2.24) is 9.88 Å². The lowest BCUT2D eigenvalue weighted by atomic mass is 9.99. The van der Waals surface area contributed by atoms with E-state index in [0.29, 0.717) is 17.9 Å². The molecule has 1 aliphatic rings. The summed E-state index contributed by atoms with van der Waals surface area (Å²) < 4.78 is 4.69. The predicted octanol–water partition coefficient (Wildman–Crippen LogP) is 1.22. The van der Waals surface area contributed by atoms with Gasteiger partial charge in [0.1, 0.15) is 5.69 Å². The van der Waals surface area contributed by atoms with Crippen molar-refractivity contribution in [3.8, 4) is 0 Å². The first-order valence-electron chi connectivity index (χ1n) is 6.71. The predicted molar refractivity (Wildman–Crippen MR) is 74.0 cm³/mol. The summed E-state index contributed by atoms with van der Waals surface area (Å²) in [5, 5.41) is 0. The van der Waals surface area contributed by atoms with Gasteiger partial charge in [-0.05, 0) is 31.4 Å². The van der Waals surface area contributed by atoms with Crippen molar-refractivity contribution in [3.05, 3.63) is 24.0 Å². The van der Waals surface area contributed by atoms with Crippen LogP contribution >= 0.6 is 0 Å². The van der Waals surface area contributed by atoms with Gasteiger partial charge in [0, 0.05) is 12.6 Å². The van der Waals surface area contributed by atoms with Crippen LogP contribution in [-0.4, -0.2) is 41.5 Å². The van der Waals surface area contributed by atoms with E-state index in [2.05, 4.69) is 4.98 Å². The fraction of sp³-hybridized carbons (Fsp3) is 0.500. The highest BCUT2D eigenvalue weighted by Crippen LogP contribution is 2.22. The Morgan fingerprint density at radius 1 is 1.45 bits per heavy atom. The number of nitrogens with zero attached hydrogens (tertiary/aromatic N) is 2. The number of anilines is 1. The molecule has 0 aliphatic carbocycles. The minimum absolute atomic E-state index is 0.108. The van der Waals surface area contributed by atoms with Crippen molar-refractivity contribution in [3.63, 3.8) is 0 Å². The molecule has 0 radical (unpaired) electrons. The number of ether oxygens (including phenoxy) is 1. The van der Waals surface area contributed by atoms with Crippen LogP contribution < -0.4 is 5.73 Å². The number of piperidine rings is 1. The zero-order chi connectivity index (χ0) is 14.5. The largest absolute Gasteiger partial charge is 0.469 e. The van der Waals surface area contributed by atoms with Gasteiger partial charge in [-0.3, -0.25) is 9.59 Å². The van der Waals surface area contributed by atoms with Gasteiger partial charge in [-0.25, -0.2) is 4.98 Å². The third-order valence-corrected chi connectivity index (χ3v) is 3.52. The van der Waals surface area contributed by atoms with E-state index in [1.165, 1.54) is 13.3 Å². The lowest BCUT2D eigenvalue weighted by Crippen LogP contribution is -2.45. The summed E-state index contributed by atoms with van der Waals surface area (Å²) in [5.41, 5.74) is 6.45. The standard InChI is InChI=1S/C14H19N3O3/c1-20-13(18)8-11-4-2-3-7-17(11)14(19)12-6-5-10(15)9-16-12/h5-6,9,11H,2-4,7-8,15H2,1H3. The number of hydrogen-bond acceptors (Lipinski definition) is 5. The lowest BCUT2D eigenvalue weighted by Gasteiger charge is -2.35. The Balaban J connectivity index is 2.12. The molecule has 0 saturated carbocycles. The highest BCUT2D eigenvalue weighted by atomic mass is 16.5. The van der Waals surface area contributed by atoms with E-state index in [-0.39, 0.29) is 24.3 Å². The minimum Gasteiger partial charge on any atom is -0.469 e. The Kier molecular flexibility index (Phi) is 4.55. The lowest BCUT2D eigenvalue weighted by molar-refractivity contribution is -0.142. The van der Waals surface area contributed by atoms with E-state index in [1.54, 1.807) is 17.0 Å². The molecule has 6 nitrogen and oxygen atoms in total. The molecular formula is C14H19N3O3. The number of esters is 1. The molecule has 1 aromatic heterocycles. The number of carbonyl (C=O) groups is 2. The molecule has 6 heteroatoms. The average Bonchev–Trinajstić information content (AvgIpc) is 2.48. The van der Waals surface area contributed by atoms with Gasteiger partial charge in [0.15, 0.2) is 0 Å². The number of pyridine rings is 1. The van der Waals surface area contributed by atoms with Crippen LogP contribution in [0.2, 0.25) is 0 Å². The van der Waals surface area contributed by atoms with Gasteiger partial charge in [0.25, 0.3) is 5.91 Å². The summed E-state index contributed by atoms with van der Waals surface area (Å²) in [5.74, 6) is -0.446. The number of hydrogen-bond donors (Lipinski definition) is 1. The number of amides is 1. The smallest absolute Gasteiger partial charge is 0.307 e. The van der Waals surface area contributed by atoms with E-state index in [9.17, 15) is 9.59 Å². The molecule has 2 heterocycles. The van der Waals surface area contributed by atoms with Gasteiger partial charge >= 0.3 is 5.97 Å². The highest BCUT2D eigenvalue weighted by Gasteiger charge is 2.29. The zero-order valence-corrected chi connectivity index (χ0v) is 11.5. The number of likely N-dealkylation sites (tertiary alicyclic amines) is 1. The number of methoxy groups -OCH3 is 1. The molecule has 1 unspecified atom stereocenters. The molecule has 1 aromatic rings. The number of nitrogens with two attached hydrogens (primary N) is 1. The molecule has 108 valence electrons. The summed E-state index contributed by atoms with van der Waals surface area (Å²) in [6.07, 6.45) is 4.47. The van der Waals surface area contributed by atoms with E-state index < -0.39 is 0 Å². The maximum Gasteiger partial charge on any atom is 0.307 e. The van der Waals surface area contributed by atoms with Gasteiger partial charge in [-0.2, -0.15) is 0 Å². The van der Waals surface area contributed by atoms with Crippen LogP contribution in [0.25, 0.3) is 0 Å². The Morgan fingerprint density at radius 2 is 2.25 bits per heavy atom. The minimum atomic E-state index is -0.292. The Labute approximate surface area is 117 Å². The van der Waals surface area contributed by atoms with Gasteiger partial charge in [0.2, 0.25) is 0 Å². The zero-order valence-electron chi connectivity index (χ0n) is 11.5. The molecule has 1 fully saturated rings. The van der Waals surface area contributed by atoms with E-state index in [0.717, 1.165) is 19.3 Å². The summed E-state index contributed by atoms with van der Waals surface area (Å²) >= 11 is 0. The molecule has 1 atom stereocenters. The Bertz CT molecular complexity index is 487. The first-order chi connectivity index (χ1) is 9.61. The number of rotatable bonds is 3. The number of aromatic nitrogens is 1. The molecule has 2 rings (SSSR count). The van der Waals surface area contributed by atoms with Crippen LogP contribution in [0, 0.1) is 0 Å². The van der Waals surface area contributed by atoms with Crippen molar-refractivity contribution in [2.24, 2.45) is 0 Å². The maximum atomic E-state index is 12.5. The third kappa shape index (κ3) is 3.26. The fourth-order valence-corrected chi connectivity index (χ4v) is 2.43. The van der Waals surface area contributed by atoms with Crippen molar-refractivity contribution < 1.29 is 14.3 Å². The molecule has 1 saturated heterocycles. The molecule has 20 heavy (non-hydrogen) atoms. The normalized spacial score (nSPS) is 18.6. The molecule has 1 amide bonds. The van der Waals surface area contributed by atoms with Gasteiger partial charge < -0.3 is 15.4 Å². The van der Waals surface area contributed by atoms with Gasteiger partial charge in [-0.1, -0.05) is 0 Å². The van der Waals surface area contributed by atoms with Crippen LogP contribution in [-0.2, 0) is 9.53 Å². The number of nitrogen functional groups attached to an aromatic ring is 1. The molecule has 0 bridgehead atoms. The molecule has 2 N–H and O–H groups in total.